The maximum Gasteiger partial charge on any atom is 0.382 e. The van der Waals surface area contributed by atoms with Gasteiger partial charge in [0.2, 0.25) is 0 Å². The topological polar surface area (TPSA) is 99.9 Å². The first-order valence-electron chi connectivity index (χ1n) is 8.88. The number of nitro groups is 1. The first-order valence-corrected chi connectivity index (χ1v) is 10.1. The van der Waals surface area contributed by atoms with Gasteiger partial charge < -0.3 is 13.8 Å². The van der Waals surface area contributed by atoms with Crippen LogP contribution >= 0.6 is 22.0 Å². The summed E-state index contributed by atoms with van der Waals surface area (Å²) in [5.74, 6) is 0.547. The molecule has 2 rings (SSSR count). The molecule has 0 amide bonds. The quantitative estimate of drug-likeness (QED) is 0.177. The fraction of sp³-hybridized carbons (Fsp3) is 0.316. The molecule has 0 saturated carbocycles. The molecule has 1 N–H and O–H groups in total. The van der Waals surface area contributed by atoms with Crippen LogP contribution in [-0.2, 0) is 9.53 Å². The summed E-state index contributed by atoms with van der Waals surface area (Å²) in [5, 5.41) is 13.8. The number of carbonyl (C=O) groups is 1. The van der Waals surface area contributed by atoms with Gasteiger partial charge in [0.25, 0.3) is 5.69 Å². The molecule has 0 aromatic heterocycles. The number of rotatable bonds is 11. The number of hydrogen-bond acceptors (Lipinski definition) is 7. The number of hydrogen-bond donors (Lipinski definition) is 1. The van der Waals surface area contributed by atoms with E-state index in [1.807, 2.05) is 25.1 Å². The van der Waals surface area contributed by atoms with Gasteiger partial charge in [0, 0.05) is 12.1 Å². The molecule has 2 aromatic rings. The van der Waals surface area contributed by atoms with Crippen molar-refractivity contribution in [2.45, 2.75) is 32.7 Å². The lowest BCUT2D eigenvalue weighted by atomic mass is 10.3. The van der Waals surface area contributed by atoms with Crippen molar-refractivity contribution in [1.29, 1.82) is 0 Å². The minimum absolute atomic E-state index is 0. The minimum atomic E-state index is -1.75. The predicted molar refractivity (Wildman–Crippen MR) is 117 cm³/mol. The number of esters is 1. The Kier molecular flexibility index (Phi) is 11.1. The van der Waals surface area contributed by atoms with Crippen LogP contribution in [0.25, 0.3) is 0 Å². The molecule has 0 spiro atoms. The first kappa shape index (κ1) is 24.7. The Morgan fingerprint density at radius 2 is 1.69 bits per heavy atom. The van der Waals surface area contributed by atoms with Gasteiger partial charge in [-0.15, -0.1) is 0 Å². The molecule has 8 nitrogen and oxygen atoms in total. The molecule has 0 radical (unpaired) electrons. The molecule has 10 heteroatoms. The molecule has 0 aliphatic carbocycles. The number of nitrogens with one attached hydrogen (secondary N) is 1. The summed E-state index contributed by atoms with van der Waals surface area (Å²) in [6, 6.07) is 14.0. The lowest BCUT2D eigenvalue weighted by Crippen LogP contribution is -2.34. The van der Waals surface area contributed by atoms with Crippen LogP contribution in [0, 0.1) is 10.1 Å². The molecule has 0 aliphatic rings. The lowest BCUT2D eigenvalue weighted by Gasteiger charge is -2.22. The van der Waals surface area contributed by atoms with Gasteiger partial charge in [0.15, 0.2) is 0 Å². The van der Waals surface area contributed by atoms with E-state index >= 15 is 0 Å². The average Bonchev–Trinajstić information content (AvgIpc) is 2.69. The van der Waals surface area contributed by atoms with E-state index in [1.54, 1.807) is 19.1 Å². The van der Waals surface area contributed by atoms with Crippen molar-refractivity contribution < 1.29 is 23.5 Å². The zero-order valence-corrected chi connectivity index (χ0v) is 18.1. The summed E-state index contributed by atoms with van der Waals surface area (Å²) in [6.45, 7) is 4.04. The molecule has 0 saturated heterocycles. The number of para-hydroxylation sites is 1. The Labute approximate surface area is 178 Å². The number of benzene rings is 2. The second-order valence-corrected chi connectivity index (χ2v) is 7.01. The van der Waals surface area contributed by atoms with Crippen molar-refractivity contribution in [2.24, 2.45) is 0 Å². The maximum absolute atomic E-state index is 12.1. The molecule has 2 aromatic carbocycles. The van der Waals surface area contributed by atoms with Crippen molar-refractivity contribution in [3.63, 3.8) is 0 Å². The molecular weight excluding hydrogens is 415 g/mol. The summed E-state index contributed by atoms with van der Waals surface area (Å²) in [4.78, 5) is 22.4. The molecule has 0 fully saturated rings. The van der Waals surface area contributed by atoms with Crippen molar-refractivity contribution in [2.75, 3.05) is 6.61 Å². The normalized spacial score (nSPS) is 12.2. The maximum atomic E-state index is 12.1. The third-order valence-electron chi connectivity index (χ3n) is 3.56. The highest BCUT2D eigenvalue weighted by molar-refractivity contribution is 7.59. The van der Waals surface area contributed by atoms with Crippen molar-refractivity contribution in [3.05, 3.63) is 64.7 Å². The van der Waals surface area contributed by atoms with E-state index in [-0.39, 0.29) is 19.2 Å². The van der Waals surface area contributed by atoms with Crippen LogP contribution in [0.1, 0.15) is 26.7 Å². The minimum Gasteiger partial charge on any atom is -0.465 e. The van der Waals surface area contributed by atoms with Crippen LogP contribution in [0.2, 0.25) is 0 Å². The average molecular weight is 440 g/mol. The standard InChI is InChI=1S/C19H23N2O6P.H2S/c1-3-4-14-25-19(22)15(2)20-28(26-17-8-6-5-7-9-17)27-18-12-10-16(11-13-18)21(23)24;/h5-13,15,20H,3-4,14H2,1-2H3;1H2. The second kappa shape index (κ2) is 13.0. The lowest BCUT2D eigenvalue weighted by molar-refractivity contribution is -0.384. The molecule has 29 heavy (non-hydrogen) atoms. The third-order valence-corrected chi connectivity index (χ3v) is 4.91. The van der Waals surface area contributed by atoms with Gasteiger partial charge >= 0.3 is 14.5 Å². The summed E-state index contributed by atoms with van der Waals surface area (Å²) in [7, 11) is -1.75. The molecule has 0 heterocycles. The van der Waals surface area contributed by atoms with E-state index < -0.39 is 25.5 Å². The highest BCUT2D eigenvalue weighted by Gasteiger charge is 2.24. The Balaban J connectivity index is 0.00000420. The smallest absolute Gasteiger partial charge is 0.382 e. The highest BCUT2D eigenvalue weighted by atomic mass is 32.1. The van der Waals surface area contributed by atoms with E-state index in [4.69, 9.17) is 13.8 Å². The Morgan fingerprint density at radius 3 is 2.24 bits per heavy atom. The van der Waals surface area contributed by atoms with Crippen LogP contribution in [0.5, 0.6) is 11.5 Å². The number of non-ortho nitro benzene ring substituents is 1. The number of ether oxygens (including phenoxy) is 1. The van der Waals surface area contributed by atoms with E-state index in [9.17, 15) is 14.9 Å². The fourth-order valence-corrected chi connectivity index (χ4v) is 3.22. The van der Waals surface area contributed by atoms with E-state index in [1.165, 1.54) is 24.3 Å². The fourth-order valence-electron chi connectivity index (χ4n) is 2.03. The second-order valence-electron chi connectivity index (χ2n) is 5.88. The molecular formula is C19H25N2O6PS. The molecule has 158 valence electrons. The number of unbranched alkanes of at least 4 members (excludes halogenated alkanes) is 1. The SMILES string of the molecule is CCCCOC(=O)C(C)NP(Oc1ccccc1)Oc1ccc([N+](=O)[O-])cc1.S. The molecule has 0 aliphatic heterocycles. The largest absolute Gasteiger partial charge is 0.465 e. The summed E-state index contributed by atoms with van der Waals surface area (Å²) in [5.41, 5.74) is -0.0403. The molecule has 2 atom stereocenters. The van der Waals surface area contributed by atoms with E-state index in [0.29, 0.717) is 18.1 Å². The molecule has 0 bridgehead atoms. The van der Waals surface area contributed by atoms with Crippen LogP contribution in [0.4, 0.5) is 5.69 Å². The van der Waals surface area contributed by atoms with Crippen LogP contribution < -0.4 is 14.1 Å². The summed E-state index contributed by atoms with van der Waals surface area (Å²) >= 11 is 0. The Bertz CT molecular complexity index is 763. The predicted octanol–water partition coefficient (Wildman–Crippen LogP) is 4.71. The van der Waals surface area contributed by atoms with Gasteiger partial charge in [0.1, 0.15) is 17.5 Å². The monoisotopic (exact) mass is 440 g/mol. The summed E-state index contributed by atoms with van der Waals surface area (Å²) in [6.07, 6.45) is 1.73. The Hall–Kier alpha value is -2.35. The van der Waals surface area contributed by atoms with Crippen molar-refractivity contribution >= 4 is 33.7 Å². The van der Waals surface area contributed by atoms with E-state index in [2.05, 4.69) is 5.09 Å². The van der Waals surface area contributed by atoms with Gasteiger partial charge in [-0.1, -0.05) is 31.5 Å². The number of nitrogens with zero attached hydrogens (tertiary/aromatic N) is 1. The van der Waals surface area contributed by atoms with Crippen molar-refractivity contribution in [3.8, 4) is 11.5 Å². The first-order chi connectivity index (χ1) is 13.5. The van der Waals surface area contributed by atoms with Gasteiger partial charge in [-0.2, -0.15) is 13.5 Å². The van der Waals surface area contributed by atoms with Gasteiger partial charge in [-0.3, -0.25) is 14.9 Å². The third kappa shape index (κ3) is 8.68. The Morgan fingerprint density at radius 1 is 1.10 bits per heavy atom. The summed E-state index contributed by atoms with van der Waals surface area (Å²) < 4.78 is 16.8. The molecule has 2 unspecified atom stereocenters. The van der Waals surface area contributed by atoms with Crippen LogP contribution in [0.15, 0.2) is 54.6 Å². The highest BCUT2D eigenvalue weighted by Crippen LogP contribution is 2.37. The number of nitro benzene ring substituents is 1. The van der Waals surface area contributed by atoms with Gasteiger partial charge in [0.05, 0.1) is 11.5 Å². The van der Waals surface area contributed by atoms with Crippen LogP contribution in [-0.4, -0.2) is 23.5 Å². The zero-order chi connectivity index (χ0) is 20.4. The number of carbonyl (C=O) groups excluding carboxylic acids is 1. The van der Waals surface area contributed by atoms with E-state index in [0.717, 1.165) is 12.8 Å². The van der Waals surface area contributed by atoms with Gasteiger partial charge in [-0.05, 0) is 37.6 Å². The van der Waals surface area contributed by atoms with Crippen LogP contribution in [0.3, 0.4) is 0 Å². The van der Waals surface area contributed by atoms with Gasteiger partial charge in [-0.25, -0.2) is 5.09 Å². The zero-order valence-electron chi connectivity index (χ0n) is 16.2. The van der Waals surface area contributed by atoms with Crippen molar-refractivity contribution in [1.82, 2.24) is 5.09 Å².